The van der Waals surface area contributed by atoms with Gasteiger partial charge in [-0.2, -0.15) is 4.31 Å². The van der Waals surface area contributed by atoms with Gasteiger partial charge in [0.25, 0.3) is 0 Å². The molecule has 0 spiro atoms. The summed E-state index contributed by atoms with van der Waals surface area (Å²) in [6, 6.07) is 5.43. The topological polar surface area (TPSA) is 364 Å². The number of thioether (sulfide) groups is 1. The Labute approximate surface area is 326 Å². The van der Waals surface area contributed by atoms with Crippen molar-refractivity contribution in [3.05, 3.63) is 48.3 Å². The fourth-order valence-electron chi connectivity index (χ4n) is 4.98. The van der Waals surface area contributed by atoms with Crippen molar-refractivity contribution in [2.75, 3.05) is 37.8 Å². The molecule has 2 amide bonds. The Morgan fingerprint density at radius 2 is 1.74 bits per heavy atom. The van der Waals surface area contributed by atoms with Gasteiger partial charge >= 0.3 is 23.5 Å². The van der Waals surface area contributed by atoms with E-state index in [0.29, 0.717) is 0 Å². The Kier molecular flexibility index (Phi) is 15.6. The maximum Gasteiger partial charge on any atom is 0.481 e. The van der Waals surface area contributed by atoms with Crippen LogP contribution in [0.5, 0.6) is 0 Å². The van der Waals surface area contributed by atoms with Crippen molar-refractivity contribution in [1.29, 1.82) is 0 Å². The van der Waals surface area contributed by atoms with Crippen LogP contribution in [0.25, 0.3) is 11.2 Å². The summed E-state index contributed by atoms with van der Waals surface area (Å²) >= 11 is 0.797. The van der Waals surface area contributed by atoms with E-state index in [1.54, 1.807) is 0 Å². The number of imidazole rings is 1. The molecular weight excluding hydrogens is 850 g/mol. The number of hydrogen-bond acceptors (Lipinski definition) is 18. The highest BCUT2D eigenvalue weighted by molar-refractivity contribution is 8.14. The monoisotopic (exact) mass is 889 g/mol. The molecule has 0 saturated carbocycles. The lowest BCUT2D eigenvalue weighted by Crippen LogP contribution is -2.46. The van der Waals surface area contributed by atoms with Gasteiger partial charge in [-0.25, -0.2) is 33.0 Å². The van der Waals surface area contributed by atoms with Crippen molar-refractivity contribution in [3.8, 4) is 0 Å². The van der Waals surface area contributed by atoms with E-state index < -0.39 is 95.5 Å². The molecule has 29 heteroatoms. The Morgan fingerprint density at radius 3 is 2.42 bits per heavy atom. The van der Waals surface area contributed by atoms with E-state index in [1.807, 2.05) is 0 Å². The molecule has 4 rings (SSSR count). The molecule has 3 aromatic rings. The first kappa shape index (κ1) is 46.4. The first-order valence-corrected chi connectivity index (χ1v) is 21.8. The molecule has 316 valence electrons. The van der Waals surface area contributed by atoms with Gasteiger partial charge in [0, 0.05) is 30.7 Å². The van der Waals surface area contributed by atoms with Gasteiger partial charge in [-0.3, -0.25) is 32.5 Å². The summed E-state index contributed by atoms with van der Waals surface area (Å²) in [4.78, 5) is 87.7. The van der Waals surface area contributed by atoms with Crippen molar-refractivity contribution in [1.82, 2.24) is 30.2 Å². The molecule has 7 atom stereocenters. The highest BCUT2D eigenvalue weighted by atomic mass is 32.2. The number of nitrogens with two attached hydrogens (primary N) is 1. The standard InChI is InChI=1S/C28H39FN7O17P3S/c1-28(2,22(39)25(40)32-8-7-18(37)31-9-10-57-27(41)15-5-3-4-6-16(15)29)12-50-56(47,48)53-55(45,46)49-11-17-21(52-54(42,43)44)20(38)26(51-17)36-14-35-19-23(30)33-13-34-24(19)36/h3-6,13-14,17,20-22,26,38-39H,7-12H2,1-2H3,(H,31,37)(H,32,40)(H,45,46)(H,47,48)(H2,30,33,34)(H2,42,43,44)/t17-,20-,21-,22+,26-/m1/s1. The third-order valence-corrected chi connectivity index (χ3v) is 11.8. The molecule has 1 aliphatic heterocycles. The van der Waals surface area contributed by atoms with Crippen LogP contribution in [0, 0.1) is 11.2 Å². The minimum Gasteiger partial charge on any atom is -0.386 e. The number of carbonyl (C=O) groups excluding carboxylic acids is 3. The van der Waals surface area contributed by atoms with Crippen molar-refractivity contribution in [2.45, 2.75) is 50.9 Å². The van der Waals surface area contributed by atoms with Crippen LogP contribution in [-0.2, 0) is 45.9 Å². The normalized spacial score (nSPS) is 21.4. The number of rotatable bonds is 20. The first-order valence-electron chi connectivity index (χ1n) is 16.3. The number of halogens is 1. The number of amides is 2. The molecule has 10 N–H and O–H groups in total. The predicted octanol–water partition coefficient (Wildman–Crippen LogP) is 0.118. The van der Waals surface area contributed by atoms with Crippen molar-refractivity contribution >= 4 is 69.1 Å². The number of nitrogen functional groups attached to an aromatic ring is 1. The maximum absolute atomic E-state index is 13.7. The average molecular weight is 890 g/mol. The number of hydrogen-bond donors (Lipinski definition) is 9. The molecule has 0 bridgehead atoms. The summed E-state index contributed by atoms with van der Waals surface area (Å²) in [5.41, 5.74) is 4.11. The Hall–Kier alpha value is -3.29. The van der Waals surface area contributed by atoms with Crippen LogP contribution in [0.3, 0.4) is 0 Å². The van der Waals surface area contributed by atoms with E-state index in [2.05, 4.69) is 34.4 Å². The molecule has 24 nitrogen and oxygen atoms in total. The number of nitrogens with zero attached hydrogens (tertiary/aromatic N) is 4. The molecule has 1 fully saturated rings. The highest BCUT2D eigenvalue weighted by Gasteiger charge is 2.50. The molecule has 1 aliphatic rings. The maximum atomic E-state index is 13.7. The van der Waals surface area contributed by atoms with Crippen LogP contribution in [-0.4, -0.2) is 123 Å². The molecule has 2 aromatic heterocycles. The molecule has 0 radical (unpaired) electrons. The van der Waals surface area contributed by atoms with Crippen molar-refractivity contribution in [3.63, 3.8) is 0 Å². The van der Waals surface area contributed by atoms with E-state index >= 15 is 0 Å². The zero-order valence-electron chi connectivity index (χ0n) is 29.8. The van der Waals surface area contributed by atoms with Crippen LogP contribution >= 0.6 is 35.2 Å². The minimum absolute atomic E-state index is 0.0210. The summed E-state index contributed by atoms with van der Waals surface area (Å²) in [6.45, 7) is 0.194. The van der Waals surface area contributed by atoms with Gasteiger partial charge in [-0.15, -0.1) is 0 Å². The highest BCUT2D eigenvalue weighted by Crippen LogP contribution is 2.61. The zero-order valence-corrected chi connectivity index (χ0v) is 33.3. The molecule has 57 heavy (non-hydrogen) atoms. The summed E-state index contributed by atoms with van der Waals surface area (Å²) in [5, 5.41) is 25.7. The van der Waals surface area contributed by atoms with E-state index in [0.717, 1.165) is 35.0 Å². The predicted molar refractivity (Wildman–Crippen MR) is 193 cm³/mol. The largest absolute Gasteiger partial charge is 0.481 e. The number of anilines is 1. The number of phosphoric acid groups is 3. The van der Waals surface area contributed by atoms with Gasteiger partial charge in [0.15, 0.2) is 17.7 Å². The lowest BCUT2D eigenvalue weighted by atomic mass is 9.87. The molecule has 3 heterocycles. The third kappa shape index (κ3) is 13.1. The van der Waals surface area contributed by atoms with E-state index in [9.17, 15) is 62.3 Å². The number of aromatic nitrogens is 4. The summed E-state index contributed by atoms with van der Waals surface area (Å²) in [7, 11) is -16.4. The second-order valence-corrected chi connectivity index (χ2v) is 18.0. The number of carbonyl (C=O) groups is 3. The van der Waals surface area contributed by atoms with E-state index in [4.69, 9.17) is 19.5 Å². The van der Waals surface area contributed by atoms with Gasteiger partial charge in [0.05, 0.1) is 25.1 Å². The summed E-state index contributed by atoms with van der Waals surface area (Å²) in [6.07, 6.45) is -7.09. The van der Waals surface area contributed by atoms with E-state index in [1.165, 1.54) is 32.0 Å². The third-order valence-electron chi connectivity index (χ3n) is 7.83. The molecule has 1 saturated heterocycles. The Balaban J connectivity index is 1.23. The number of aliphatic hydroxyl groups excluding tert-OH is 2. The molecular formula is C28H39FN7O17P3S. The van der Waals surface area contributed by atoms with Gasteiger partial charge in [0.2, 0.25) is 16.9 Å². The second-order valence-electron chi connectivity index (χ2n) is 12.7. The Bertz CT molecular complexity index is 2080. The molecule has 0 aliphatic carbocycles. The smallest absolute Gasteiger partial charge is 0.386 e. The van der Waals surface area contributed by atoms with Crippen molar-refractivity contribution in [2.24, 2.45) is 5.41 Å². The average Bonchev–Trinajstić information content (AvgIpc) is 3.68. The van der Waals surface area contributed by atoms with Crippen molar-refractivity contribution < 1.29 is 84.9 Å². The number of nitrogens with one attached hydrogen (secondary N) is 2. The van der Waals surface area contributed by atoms with Crippen LogP contribution in [0.15, 0.2) is 36.9 Å². The second kappa shape index (κ2) is 19.2. The quantitative estimate of drug-likeness (QED) is 0.0537. The number of aliphatic hydroxyl groups is 2. The van der Waals surface area contributed by atoms with E-state index in [-0.39, 0.29) is 47.8 Å². The van der Waals surface area contributed by atoms with Crippen LogP contribution in [0.4, 0.5) is 10.2 Å². The van der Waals surface area contributed by atoms with Crippen LogP contribution in [0.1, 0.15) is 36.9 Å². The fraction of sp³-hybridized carbons (Fsp3) is 0.500. The zero-order chi connectivity index (χ0) is 42.3. The van der Waals surface area contributed by atoms with Crippen LogP contribution < -0.4 is 16.4 Å². The van der Waals surface area contributed by atoms with Gasteiger partial charge in [0.1, 0.15) is 42.1 Å². The lowest BCUT2D eigenvalue weighted by molar-refractivity contribution is -0.137. The number of fused-ring (bicyclic) bond motifs is 1. The number of benzene rings is 1. The summed E-state index contributed by atoms with van der Waals surface area (Å²) < 4.78 is 75.7. The van der Waals surface area contributed by atoms with Gasteiger partial charge in [-0.05, 0) is 12.1 Å². The summed E-state index contributed by atoms with van der Waals surface area (Å²) in [5.74, 6) is -2.12. The van der Waals surface area contributed by atoms with Gasteiger partial charge in [-0.1, -0.05) is 37.7 Å². The SMILES string of the molecule is CC(C)(COP(=O)(O)OP(=O)(O)OC[C@H]1O[C@@H](n2cnc3c(N)ncnc32)[C@H](O)[C@@H]1OP(=O)(O)O)[C@@H](O)C(=O)NCCC(=O)NCCSC(=O)c1ccccc1F. The molecule has 1 aromatic carbocycles. The van der Waals surface area contributed by atoms with Crippen LogP contribution in [0.2, 0.25) is 0 Å². The number of phosphoric ester groups is 3. The fourth-order valence-corrected chi connectivity index (χ4v) is 8.52. The minimum atomic E-state index is -5.59. The van der Waals surface area contributed by atoms with Gasteiger partial charge < -0.3 is 50.9 Å². The number of ether oxygens (including phenoxy) is 1. The first-order chi connectivity index (χ1) is 26.5. The lowest BCUT2D eigenvalue weighted by Gasteiger charge is -2.30. The Morgan fingerprint density at radius 1 is 1.05 bits per heavy atom. The molecule has 2 unspecified atom stereocenters.